The SMILES string of the molecule is CC(C)CCC1(C(=O)Nc2ccccc2SC(=O)C2CCN(C)CC2)CCCCC1. The lowest BCUT2D eigenvalue weighted by Crippen LogP contribution is -2.38. The van der Waals surface area contributed by atoms with Gasteiger partial charge in [0.15, 0.2) is 5.12 Å². The Balaban J connectivity index is 1.69. The number of nitrogens with one attached hydrogen (secondary N) is 1. The van der Waals surface area contributed by atoms with Gasteiger partial charge in [0.25, 0.3) is 0 Å². The van der Waals surface area contributed by atoms with E-state index < -0.39 is 0 Å². The van der Waals surface area contributed by atoms with Crippen molar-refractivity contribution in [2.75, 3.05) is 25.5 Å². The molecule has 166 valence electrons. The highest BCUT2D eigenvalue weighted by atomic mass is 32.2. The van der Waals surface area contributed by atoms with Gasteiger partial charge in [-0.2, -0.15) is 0 Å². The van der Waals surface area contributed by atoms with Gasteiger partial charge < -0.3 is 10.2 Å². The van der Waals surface area contributed by atoms with Crippen LogP contribution in [0.4, 0.5) is 5.69 Å². The third-order valence-electron chi connectivity index (χ3n) is 6.89. The maximum Gasteiger partial charge on any atom is 0.230 e. The van der Waals surface area contributed by atoms with Crippen molar-refractivity contribution >= 4 is 28.5 Å². The standard InChI is InChI=1S/C25H38N2O2S/c1-19(2)11-16-25(14-7-4-8-15-25)24(29)26-21-9-5-6-10-22(21)30-23(28)20-12-17-27(3)18-13-20/h5-6,9-10,19-20H,4,7-8,11-18H2,1-3H3,(H,26,29). The van der Waals surface area contributed by atoms with Crippen molar-refractivity contribution in [3.05, 3.63) is 24.3 Å². The first kappa shape index (κ1) is 23.3. The smallest absolute Gasteiger partial charge is 0.230 e. The normalized spacial score (nSPS) is 20.3. The number of hydrogen-bond acceptors (Lipinski definition) is 4. The van der Waals surface area contributed by atoms with Gasteiger partial charge in [-0.25, -0.2) is 0 Å². The molecule has 0 atom stereocenters. The van der Waals surface area contributed by atoms with E-state index in [1.54, 1.807) is 0 Å². The molecule has 5 heteroatoms. The number of carbonyl (C=O) groups is 2. The molecule has 0 unspecified atom stereocenters. The van der Waals surface area contributed by atoms with Gasteiger partial charge in [0.1, 0.15) is 0 Å². The molecule has 0 spiro atoms. The summed E-state index contributed by atoms with van der Waals surface area (Å²) in [4.78, 5) is 29.5. The van der Waals surface area contributed by atoms with Gasteiger partial charge in [-0.3, -0.25) is 9.59 Å². The first-order valence-electron chi connectivity index (χ1n) is 11.7. The van der Waals surface area contributed by atoms with Crippen molar-refractivity contribution in [3.63, 3.8) is 0 Å². The second-order valence-corrected chi connectivity index (χ2v) is 10.8. The summed E-state index contributed by atoms with van der Waals surface area (Å²) in [5.74, 6) is 0.875. The van der Waals surface area contributed by atoms with Gasteiger partial charge in [-0.05, 0) is 88.5 Å². The summed E-state index contributed by atoms with van der Waals surface area (Å²) in [6.45, 7) is 6.42. The van der Waals surface area contributed by atoms with Crippen molar-refractivity contribution in [2.24, 2.45) is 17.3 Å². The molecule has 1 saturated carbocycles. The van der Waals surface area contributed by atoms with Crippen molar-refractivity contribution in [3.8, 4) is 0 Å². The van der Waals surface area contributed by atoms with Crippen LogP contribution in [-0.2, 0) is 9.59 Å². The zero-order chi connectivity index (χ0) is 21.6. The number of amides is 1. The van der Waals surface area contributed by atoms with E-state index in [2.05, 4.69) is 31.1 Å². The summed E-state index contributed by atoms with van der Waals surface area (Å²) < 4.78 is 0. The second-order valence-electron chi connectivity index (χ2n) is 9.72. The van der Waals surface area contributed by atoms with E-state index in [-0.39, 0.29) is 22.4 Å². The summed E-state index contributed by atoms with van der Waals surface area (Å²) in [6, 6.07) is 7.81. The number of para-hydroxylation sites is 1. The predicted molar refractivity (Wildman–Crippen MR) is 126 cm³/mol. The molecule has 0 bridgehead atoms. The zero-order valence-electron chi connectivity index (χ0n) is 18.9. The van der Waals surface area contributed by atoms with E-state index in [1.165, 1.54) is 18.2 Å². The Labute approximate surface area is 186 Å². The number of piperidine rings is 1. The molecule has 4 nitrogen and oxygen atoms in total. The first-order valence-corrected chi connectivity index (χ1v) is 12.5. The van der Waals surface area contributed by atoms with Gasteiger partial charge >= 0.3 is 0 Å². The van der Waals surface area contributed by atoms with Gasteiger partial charge in [0.05, 0.1) is 5.69 Å². The number of nitrogens with zero attached hydrogens (tertiary/aromatic N) is 1. The molecule has 2 fully saturated rings. The topological polar surface area (TPSA) is 49.4 Å². The quantitative estimate of drug-likeness (QED) is 0.541. The van der Waals surface area contributed by atoms with Crippen molar-refractivity contribution in [2.45, 2.75) is 76.5 Å². The molecular formula is C25H38N2O2S. The number of carbonyl (C=O) groups excluding carboxylic acids is 2. The molecule has 2 aliphatic rings. The third kappa shape index (κ3) is 6.10. The fourth-order valence-electron chi connectivity index (χ4n) is 4.73. The second kappa shape index (κ2) is 10.8. The number of hydrogen-bond donors (Lipinski definition) is 1. The van der Waals surface area contributed by atoms with Crippen LogP contribution < -0.4 is 5.32 Å². The molecule has 1 heterocycles. The maximum absolute atomic E-state index is 13.5. The van der Waals surface area contributed by atoms with Gasteiger partial charge in [-0.1, -0.05) is 45.2 Å². The summed E-state index contributed by atoms with van der Waals surface area (Å²) in [6.07, 6.45) is 9.36. The minimum atomic E-state index is -0.252. The minimum Gasteiger partial charge on any atom is -0.325 e. The fraction of sp³-hybridized carbons (Fsp3) is 0.680. The molecule has 1 N–H and O–H groups in total. The van der Waals surface area contributed by atoms with E-state index >= 15 is 0 Å². The number of rotatable bonds is 7. The number of benzene rings is 1. The lowest BCUT2D eigenvalue weighted by Gasteiger charge is -2.36. The molecule has 1 aliphatic carbocycles. The van der Waals surface area contributed by atoms with E-state index in [9.17, 15) is 9.59 Å². The van der Waals surface area contributed by atoms with Crippen LogP contribution in [0.3, 0.4) is 0 Å². The van der Waals surface area contributed by atoms with Crippen LogP contribution >= 0.6 is 11.8 Å². The zero-order valence-corrected chi connectivity index (χ0v) is 19.7. The van der Waals surface area contributed by atoms with Crippen LogP contribution in [-0.4, -0.2) is 36.1 Å². The highest BCUT2D eigenvalue weighted by Crippen LogP contribution is 2.43. The van der Waals surface area contributed by atoms with Crippen LogP contribution in [0.15, 0.2) is 29.2 Å². The van der Waals surface area contributed by atoms with Crippen molar-refractivity contribution in [1.29, 1.82) is 0 Å². The summed E-state index contributed by atoms with van der Waals surface area (Å²) in [5, 5.41) is 3.47. The molecule has 1 aromatic carbocycles. The average Bonchev–Trinajstić information content (AvgIpc) is 2.74. The van der Waals surface area contributed by atoms with E-state index in [0.717, 1.165) is 75.0 Å². The number of thioether (sulfide) groups is 1. The minimum absolute atomic E-state index is 0.116. The van der Waals surface area contributed by atoms with E-state index in [1.807, 2.05) is 24.3 Å². The van der Waals surface area contributed by atoms with Crippen molar-refractivity contribution in [1.82, 2.24) is 4.90 Å². The lowest BCUT2D eigenvalue weighted by molar-refractivity contribution is -0.128. The maximum atomic E-state index is 13.5. The molecule has 1 amide bonds. The molecule has 1 aliphatic heterocycles. The summed E-state index contributed by atoms with van der Waals surface area (Å²) in [5.41, 5.74) is 0.543. The Kier molecular flexibility index (Phi) is 8.41. The van der Waals surface area contributed by atoms with Crippen LogP contribution in [0.25, 0.3) is 0 Å². The molecule has 1 saturated heterocycles. The Hall–Kier alpha value is -1.33. The van der Waals surface area contributed by atoms with Crippen LogP contribution in [0.2, 0.25) is 0 Å². The summed E-state index contributed by atoms with van der Waals surface area (Å²) in [7, 11) is 2.11. The Morgan fingerprint density at radius 1 is 1.13 bits per heavy atom. The Bertz CT molecular complexity index is 720. The molecule has 0 radical (unpaired) electrons. The highest BCUT2D eigenvalue weighted by molar-refractivity contribution is 8.13. The highest BCUT2D eigenvalue weighted by Gasteiger charge is 2.39. The molecule has 1 aromatic rings. The molecule has 30 heavy (non-hydrogen) atoms. The average molecular weight is 431 g/mol. The van der Waals surface area contributed by atoms with Gasteiger partial charge in [0.2, 0.25) is 5.91 Å². The molecule has 0 aromatic heterocycles. The Morgan fingerprint density at radius 2 is 1.80 bits per heavy atom. The van der Waals surface area contributed by atoms with Crippen LogP contribution in [0, 0.1) is 17.3 Å². The van der Waals surface area contributed by atoms with E-state index in [4.69, 9.17) is 0 Å². The molecular weight excluding hydrogens is 392 g/mol. The number of likely N-dealkylation sites (tertiary alicyclic amines) is 1. The van der Waals surface area contributed by atoms with Gasteiger partial charge in [-0.15, -0.1) is 0 Å². The number of anilines is 1. The van der Waals surface area contributed by atoms with Crippen LogP contribution in [0.1, 0.15) is 71.6 Å². The fourth-order valence-corrected chi connectivity index (χ4v) is 5.73. The third-order valence-corrected chi connectivity index (χ3v) is 8.00. The largest absolute Gasteiger partial charge is 0.325 e. The van der Waals surface area contributed by atoms with Crippen molar-refractivity contribution < 1.29 is 9.59 Å². The Morgan fingerprint density at radius 3 is 2.47 bits per heavy atom. The summed E-state index contributed by atoms with van der Waals surface area (Å²) >= 11 is 1.31. The predicted octanol–water partition coefficient (Wildman–Crippen LogP) is 5.97. The monoisotopic (exact) mass is 430 g/mol. The lowest BCUT2D eigenvalue weighted by atomic mass is 9.69. The van der Waals surface area contributed by atoms with Crippen LogP contribution in [0.5, 0.6) is 0 Å². The van der Waals surface area contributed by atoms with E-state index in [0.29, 0.717) is 5.92 Å². The van der Waals surface area contributed by atoms with Gasteiger partial charge in [0, 0.05) is 16.2 Å². The molecule has 3 rings (SSSR count). The first-order chi connectivity index (χ1) is 14.4.